The van der Waals surface area contributed by atoms with Gasteiger partial charge in [0.05, 0.1) is 11.0 Å². The molecule has 0 saturated heterocycles. The lowest BCUT2D eigenvalue weighted by Crippen LogP contribution is -2.15. The molecule has 4 aromatic heterocycles. The van der Waals surface area contributed by atoms with Gasteiger partial charge >= 0.3 is 0 Å². The molecule has 98 valence electrons. The van der Waals surface area contributed by atoms with E-state index in [1.54, 1.807) is 16.8 Å². The molecule has 5 nitrogen and oxygen atoms in total. The molecule has 4 heterocycles. The highest BCUT2D eigenvalue weighted by Gasteiger charge is 2.18. The van der Waals surface area contributed by atoms with Crippen molar-refractivity contribution >= 4 is 38.4 Å². The average Bonchev–Trinajstić information content (AvgIpc) is 2.89. The van der Waals surface area contributed by atoms with Crippen molar-refractivity contribution in [2.75, 3.05) is 0 Å². The lowest BCUT2D eigenvalue weighted by Gasteiger charge is -2.03. The highest BCUT2D eigenvalue weighted by atomic mass is 16.1. The number of para-hydroxylation sites is 1. The Morgan fingerprint density at radius 1 is 0.762 bits per heavy atom. The summed E-state index contributed by atoms with van der Waals surface area (Å²) in [6, 6.07) is 9.79. The number of fused-ring (bicyclic) bond motifs is 5. The van der Waals surface area contributed by atoms with E-state index in [0.29, 0.717) is 16.6 Å². The second-order valence-electron chi connectivity index (χ2n) is 4.97. The average molecular weight is 272 g/mol. The molecule has 0 saturated carbocycles. The molecule has 0 amide bonds. The lowest BCUT2D eigenvalue weighted by molar-refractivity contribution is 1.16. The molecule has 5 aromatic rings. The number of nitrogens with zero attached hydrogens (tertiary/aromatic N) is 4. The maximum Gasteiger partial charge on any atom is 0.283 e. The van der Waals surface area contributed by atoms with Gasteiger partial charge in [-0.3, -0.25) is 19.2 Å². The van der Waals surface area contributed by atoms with Crippen molar-refractivity contribution in [3.05, 3.63) is 59.3 Å². The standard InChI is InChI=1S/C16H8N4O/c21-16-14-12(18-7-8-19-14)13-15-10(5-6-17-13)9-3-1-2-4-11(9)20(15)16/h1-8H. The van der Waals surface area contributed by atoms with Gasteiger partial charge in [0, 0.05) is 29.4 Å². The Labute approximate surface area is 117 Å². The zero-order chi connectivity index (χ0) is 14.0. The summed E-state index contributed by atoms with van der Waals surface area (Å²) in [6.07, 6.45) is 4.88. The van der Waals surface area contributed by atoms with Gasteiger partial charge in [-0.1, -0.05) is 18.2 Å². The number of benzene rings is 1. The zero-order valence-corrected chi connectivity index (χ0v) is 10.8. The second kappa shape index (κ2) is 3.52. The molecule has 1 aromatic carbocycles. The number of hydrogen-bond donors (Lipinski definition) is 0. The van der Waals surface area contributed by atoms with Crippen molar-refractivity contribution in [3.8, 4) is 0 Å². The Kier molecular flexibility index (Phi) is 1.79. The molecular formula is C16H8N4O. The van der Waals surface area contributed by atoms with Crippen LogP contribution in [-0.2, 0) is 0 Å². The van der Waals surface area contributed by atoms with Crippen LogP contribution in [0.25, 0.3) is 38.4 Å². The quantitative estimate of drug-likeness (QED) is 0.406. The maximum atomic E-state index is 12.8. The zero-order valence-electron chi connectivity index (χ0n) is 10.8. The summed E-state index contributed by atoms with van der Waals surface area (Å²) < 4.78 is 1.70. The van der Waals surface area contributed by atoms with Crippen LogP contribution in [0.2, 0.25) is 0 Å². The summed E-state index contributed by atoms with van der Waals surface area (Å²) in [5, 5.41) is 2.05. The van der Waals surface area contributed by atoms with Crippen LogP contribution in [0.15, 0.2) is 53.7 Å². The summed E-state index contributed by atoms with van der Waals surface area (Å²) in [6.45, 7) is 0. The van der Waals surface area contributed by atoms with Crippen molar-refractivity contribution in [1.82, 2.24) is 19.4 Å². The maximum absolute atomic E-state index is 12.8. The first kappa shape index (κ1) is 10.7. The van der Waals surface area contributed by atoms with Gasteiger partial charge < -0.3 is 0 Å². The first-order valence-electron chi connectivity index (χ1n) is 6.60. The Bertz CT molecular complexity index is 1210. The van der Waals surface area contributed by atoms with Crippen LogP contribution in [0, 0.1) is 0 Å². The summed E-state index contributed by atoms with van der Waals surface area (Å²) >= 11 is 0. The molecule has 0 unspecified atom stereocenters. The van der Waals surface area contributed by atoms with Gasteiger partial charge in [-0.25, -0.2) is 4.98 Å². The third-order valence-electron chi connectivity index (χ3n) is 3.91. The molecule has 0 aliphatic rings. The smallest absolute Gasteiger partial charge is 0.272 e. The van der Waals surface area contributed by atoms with Gasteiger partial charge in [0.2, 0.25) is 0 Å². The first-order valence-corrected chi connectivity index (χ1v) is 6.60. The van der Waals surface area contributed by atoms with Gasteiger partial charge in [0.15, 0.2) is 5.52 Å². The molecule has 0 radical (unpaired) electrons. The van der Waals surface area contributed by atoms with E-state index in [0.717, 1.165) is 21.8 Å². The molecule has 0 fully saturated rings. The minimum Gasteiger partial charge on any atom is -0.272 e. The van der Waals surface area contributed by atoms with E-state index in [1.165, 1.54) is 6.20 Å². The fourth-order valence-electron chi connectivity index (χ4n) is 3.07. The fourth-order valence-corrected chi connectivity index (χ4v) is 3.07. The van der Waals surface area contributed by atoms with Gasteiger partial charge in [0.25, 0.3) is 5.56 Å². The molecule has 0 spiro atoms. The van der Waals surface area contributed by atoms with Gasteiger partial charge in [-0.2, -0.15) is 0 Å². The predicted octanol–water partition coefficient (Wildman–Crippen LogP) is 2.38. The minimum absolute atomic E-state index is 0.148. The third kappa shape index (κ3) is 1.16. The highest BCUT2D eigenvalue weighted by molar-refractivity contribution is 6.17. The summed E-state index contributed by atoms with van der Waals surface area (Å²) in [4.78, 5) is 25.7. The second-order valence-corrected chi connectivity index (χ2v) is 4.97. The van der Waals surface area contributed by atoms with E-state index < -0.39 is 0 Å². The van der Waals surface area contributed by atoms with Crippen LogP contribution >= 0.6 is 0 Å². The molecule has 21 heavy (non-hydrogen) atoms. The van der Waals surface area contributed by atoms with Gasteiger partial charge in [0.1, 0.15) is 11.0 Å². The van der Waals surface area contributed by atoms with E-state index in [2.05, 4.69) is 15.0 Å². The fraction of sp³-hybridized carbons (Fsp3) is 0. The Morgan fingerprint density at radius 2 is 1.52 bits per heavy atom. The first-order chi connectivity index (χ1) is 10.4. The highest BCUT2D eigenvalue weighted by Crippen LogP contribution is 2.31. The molecule has 0 N–H and O–H groups in total. The van der Waals surface area contributed by atoms with E-state index in [1.807, 2.05) is 30.3 Å². The SMILES string of the molecule is O=c1c2nccnc2c2nccc3c4ccccc4n1c32. The van der Waals surface area contributed by atoms with Crippen LogP contribution in [0.1, 0.15) is 0 Å². The summed E-state index contributed by atoms with van der Waals surface area (Å²) in [5.41, 5.74) is 3.17. The number of rotatable bonds is 0. The van der Waals surface area contributed by atoms with Crippen molar-refractivity contribution in [3.63, 3.8) is 0 Å². The van der Waals surface area contributed by atoms with Crippen molar-refractivity contribution in [2.24, 2.45) is 0 Å². The molecule has 0 aliphatic heterocycles. The Balaban J connectivity index is 2.33. The predicted molar refractivity (Wildman–Crippen MR) is 80.8 cm³/mol. The van der Waals surface area contributed by atoms with Crippen LogP contribution in [0.3, 0.4) is 0 Å². The van der Waals surface area contributed by atoms with Crippen LogP contribution in [0.5, 0.6) is 0 Å². The number of aromatic nitrogens is 4. The molecule has 5 heteroatoms. The molecule has 5 rings (SSSR count). The number of hydrogen-bond acceptors (Lipinski definition) is 4. The van der Waals surface area contributed by atoms with Crippen LogP contribution in [0.4, 0.5) is 0 Å². The van der Waals surface area contributed by atoms with Gasteiger partial charge in [-0.05, 0) is 12.1 Å². The monoisotopic (exact) mass is 272 g/mol. The van der Waals surface area contributed by atoms with Crippen molar-refractivity contribution < 1.29 is 0 Å². The number of pyridine rings is 2. The summed E-state index contributed by atoms with van der Waals surface area (Å²) in [5.74, 6) is 0. The van der Waals surface area contributed by atoms with Gasteiger partial charge in [-0.15, -0.1) is 0 Å². The summed E-state index contributed by atoms with van der Waals surface area (Å²) in [7, 11) is 0. The Morgan fingerprint density at radius 3 is 2.43 bits per heavy atom. The largest absolute Gasteiger partial charge is 0.283 e. The minimum atomic E-state index is -0.148. The van der Waals surface area contributed by atoms with E-state index >= 15 is 0 Å². The van der Waals surface area contributed by atoms with Crippen LogP contribution in [-0.4, -0.2) is 19.4 Å². The topological polar surface area (TPSA) is 60.2 Å². The van der Waals surface area contributed by atoms with Crippen molar-refractivity contribution in [2.45, 2.75) is 0 Å². The Hall–Kier alpha value is -3.08. The molecule has 0 atom stereocenters. The van der Waals surface area contributed by atoms with E-state index in [-0.39, 0.29) is 5.56 Å². The molecular weight excluding hydrogens is 264 g/mol. The lowest BCUT2D eigenvalue weighted by atomic mass is 10.2. The van der Waals surface area contributed by atoms with E-state index in [9.17, 15) is 4.79 Å². The molecule has 0 aliphatic carbocycles. The molecule has 0 bridgehead atoms. The van der Waals surface area contributed by atoms with E-state index in [4.69, 9.17) is 0 Å². The van der Waals surface area contributed by atoms with Crippen LogP contribution < -0.4 is 5.56 Å². The normalized spacial score (nSPS) is 12.0. The van der Waals surface area contributed by atoms with Crippen molar-refractivity contribution in [1.29, 1.82) is 0 Å². The third-order valence-corrected chi connectivity index (χ3v) is 3.91.